The summed E-state index contributed by atoms with van der Waals surface area (Å²) in [4.78, 5) is 22.7. The number of nitrogens with zero attached hydrogens (tertiary/aromatic N) is 3. The van der Waals surface area contributed by atoms with E-state index in [0.29, 0.717) is 12.5 Å². The van der Waals surface area contributed by atoms with Crippen LogP contribution in [0.4, 0.5) is 9.80 Å². The van der Waals surface area contributed by atoms with Gasteiger partial charge in [0.05, 0.1) is 12.1 Å². The van der Waals surface area contributed by atoms with Gasteiger partial charge >= 0.3 is 6.09 Å². The van der Waals surface area contributed by atoms with Crippen molar-refractivity contribution in [2.24, 2.45) is 5.92 Å². The van der Waals surface area contributed by atoms with Gasteiger partial charge < -0.3 is 4.74 Å². The maximum absolute atomic E-state index is 12.8. The van der Waals surface area contributed by atoms with E-state index in [1.807, 2.05) is 29.3 Å². The van der Waals surface area contributed by atoms with Crippen LogP contribution in [0.1, 0.15) is 12.8 Å². The Morgan fingerprint density at radius 2 is 1.96 bits per heavy atom. The van der Waals surface area contributed by atoms with Crippen molar-refractivity contribution >= 4 is 33.3 Å². The number of amides is 1. The van der Waals surface area contributed by atoms with E-state index in [9.17, 15) is 4.79 Å². The molecule has 6 heteroatoms. The zero-order chi connectivity index (χ0) is 18.7. The molecular weight excluding hydrogens is 370 g/mol. The van der Waals surface area contributed by atoms with Crippen molar-refractivity contribution < 1.29 is 9.53 Å². The van der Waals surface area contributed by atoms with Gasteiger partial charge in [-0.25, -0.2) is 4.79 Å². The number of hydrogen-bond acceptors (Lipinski definition) is 5. The van der Waals surface area contributed by atoms with Gasteiger partial charge in [0.15, 0.2) is 0 Å². The minimum atomic E-state index is -0.318. The monoisotopic (exact) mass is 391 g/mol. The Morgan fingerprint density at radius 1 is 1.07 bits per heavy atom. The number of anilines is 1. The first-order chi connectivity index (χ1) is 13.7. The molecule has 1 unspecified atom stereocenters. The summed E-state index contributed by atoms with van der Waals surface area (Å²) in [5, 5.41) is 2.10. The number of carbonyl (C=O) groups excluding carboxylic acids is 1. The van der Waals surface area contributed by atoms with E-state index in [2.05, 4.69) is 34.1 Å². The molecule has 1 aromatic carbocycles. The van der Waals surface area contributed by atoms with Crippen molar-refractivity contribution in [2.75, 3.05) is 31.1 Å². The molecule has 28 heavy (non-hydrogen) atoms. The van der Waals surface area contributed by atoms with Gasteiger partial charge in [0, 0.05) is 34.5 Å². The van der Waals surface area contributed by atoms with Crippen LogP contribution in [0.3, 0.4) is 0 Å². The van der Waals surface area contributed by atoms with Gasteiger partial charge in [-0.15, -0.1) is 11.3 Å². The van der Waals surface area contributed by atoms with E-state index in [-0.39, 0.29) is 11.7 Å². The average molecular weight is 391 g/mol. The highest BCUT2D eigenvalue weighted by atomic mass is 32.1. The summed E-state index contributed by atoms with van der Waals surface area (Å²) in [7, 11) is 0. The number of hydrogen-bond donors (Lipinski definition) is 0. The molecule has 2 aromatic heterocycles. The molecule has 4 aliphatic heterocycles. The van der Waals surface area contributed by atoms with Gasteiger partial charge in [-0.05, 0) is 50.2 Å². The van der Waals surface area contributed by atoms with E-state index < -0.39 is 0 Å². The van der Waals surface area contributed by atoms with E-state index in [4.69, 9.17) is 4.74 Å². The zero-order valence-electron chi connectivity index (χ0n) is 15.5. The third-order valence-corrected chi connectivity index (χ3v) is 7.67. The van der Waals surface area contributed by atoms with Crippen molar-refractivity contribution in [3.8, 4) is 10.4 Å². The number of carbonyl (C=O) groups is 1. The molecule has 4 fully saturated rings. The Kier molecular flexibility index (Phi) is 3.55. The smallest absolute Gasteiger partial charge is 0.415 e. The summed E-state index contributed by atoms with van der Waals surface area (Å²) < 4.78 is 6.02. The van der Waals surface area contributed by atoms with E-state index >= 15 is 0 Å². The highest BCUT2D eigenvalue weighted by Crippen LogP contribution is 2.45. The second-order valence-electron chi connectivity index (χ2n) is 8.08. The van der Waals surface area contributed by atoms with Crippen LogP contribution < -0.4 is 4.90 Å². The standard InChI is InChI=1S/C22H21N3O2S/c26-21-25(14-22(27-21)13-24-11-8-15(22)9-12-24)20-7-6-19(28-20)17-3-1-5-18-16(17)4-2-10-23-18/h1-7,10,15H,8-9,11-14H2. The number of thiophene rings is 1. The predicted molar refractivity (Wildman–Crippen MR) is 111 cm³/mol. The van der Waals surface area contributed by atoms with Crippen molar-refractivity contribution in [3.05, 3.63) is 48.7 Å². The number of benzene rings is 1. The van der Waals surface area contributed by atoms with Gasteiger partial charge in [-0.1, -0.05) is 18.2 Å². The third-order valence-electron chi connectivity index (χ3n) is 6.53. The van der Waals surface area contributed by atoms with Crippen LogP contribution >= 0.6 is 11.3 Å². The largest absolute Gasteiger partial charge is 0.439 e. The Balaban J connectivity index is 1.33. The molecule has 0 N–H and O–H groups in total. The van der Waals surface area contributed by atoms with Crippen LogP contribution in [0, 0.1) is 5.92 Å². The van der Waals surface area contributed by atoms with Crippen LogP contribution in [0.5, 0.6) is 0 Å². The summed E-state index contributed by atoms with van der Waals surface area (Å²) in [5.41, 5.74) is 1.83. The Hall–Kier alpha value is -2.44. The molecule has 7 rings (SSSR count). The normalized spacial score (nSPS) is 29.0. The molecule has 142 valence electrons. The van der Waals surface area contributed by atoms with Crippen molar-refractivity contribution in [1.82, 2.24) is 9.88 Å². The summed E-state index contributed by atoms with van der Waals surface area (Å²) in [5.74, 6) is 0.495. The molecule has 6 heterocycles. The minimum Gasteiger partial charge on any atom is -0.439 e. The van der Waals surface area contributed by atoms with Gasteiger partial charge in [-0.3, -0.25) is 14.8 Å². The summed E-state index contributed by atoms with van der Waals surface area (Å²) in [6.07, 6.45) is 3.90. The Bertz CT molecular complexity index is 1070. The second-order valence-corrected chi connectivity index (χ2v) is 9.15. The lowest BCUT2D eigenvalue weighted by Gasteiger charge is -2.49. The molecule has 3 aromatic rings. The molecule has 4 saturated heterocycles. The summed E-state index contributed by atoms with van der Waals surface area (Å²) >= 11 is 1.65. The van der Waals surface area contributed by atoms with Gasteiger partial charge in [-0.2, -0.15) is 0 Å². The SMILES string of the molecule is O=C1OC2(CN3CCC2CC3)CN1c1ccc(-c2cccc3ncccc23)s1. The van der Waals surface area contributed by atoms with E-state index in [1.165, 1.54) is 0 Å². The van der Waals surface area contributed by atoms with Crippen LogP contribution in [0.25, 0.3) is 21.3 Å². The van der Waals surface area contributed by atoms with Crippen molar-refractivity contribution in [1.29, 1.82) is 0 Å². The highest BCUT2D eigenvalue weighted by Gasteiger charge is 2.55. The molecule has 2 bridgehead atoms. The first-order valence-corrected chi connectivity index (χ1v) is 10.7. The van der Waals surface area contributed by atoms with Crippen LogP contribution in [-0.4, -0.2) is 47.8 Å². The first kappa shape index (κ1) is 16.5. The summed E-state index contributed by atoms with van der Waals surface area (Å²) in [6, 6.07) is 14.4. The number of fused-ring (bicyclic) bond motifs is 3. The number of rotatable bonds is 2. The predicted octanol–water partition coefficient (Wildman–Crippen LogP) is 4.38. The molecular formula is C22H21N3O2S. The zero-order valence-corrected chi connectivity index (χ0v) is 16.3. The van der Waals surface area contributed by atoms with Crippen molar-refractivity contribution in [3.63, 3.8) is 0 Å². The summed E-state index contributed by atoms with van der Waals surface area (Å²) in [6.45, 7) is 3.83. The maximum atomic E-state index is 12.8. The number of pyridine rings is 1. The Labute approximate surface area is 167 Å². The van der Waals surface area contributed by atoms with Gasteiger partial charge in [0.25, 0.3) is 0 Å². The highest BCUT2D eigenvalue weighted by molar-refractivity contribution is 7.19. The number of ether oxygens (including phenoxy) is 1. The van der Waals surface area contributed by atoms with Crippen LogP contribution in [0.2, 0.25) is 0 Å². The molecule has 1 spiro atoms. The molecule has 4 aliphatic rings. The number of aromatic nitrogens is 1. The molecule has 5 nitrogen and oxygen atoms in total. The number of piperidine rings is 3. The first-order valence-electron chi connectivity index (χ1n) is 9.89. The lowest BCUT2D eigenvalue weighted by atomic mass is 9.75. The topological polar surface area (TPSA) is 45.7 Å². The van der Waals surface area contributed by atoms with Crippen LogP contribution in [-0.2, 0) is 4.74 Å². The fraction of sp³-hybridized carbons (Fsp3) is 0.364. The fourth-order valence-electron chi connectivity index (χ4n) is 5.12. The minimum absolute atomic E-state index is 0.193. The molecule has 0 aliphatic carbocycles. The quantitative estimate of drug-likeness (QED) is 0.650. The molecule has 1 amide bonds. The van der Waals surface area contributed by atoms with Gasteiger partial charge in [0.1, 0.15) is 10.6 Å². The van der Waals surface area contributed by atoms with Crippen LogP contribution in [0.15, 0.2) is 48.7 Å². The maximum Gasteiger partial charge on any atom is 0.415 e. The van der Waals surface area contributed by atoms with E-state index in [0.717, 1.165) is 58.8 Å². The van der Waals surface area contributed by atoms with Crippen molar-refractivity contribution in [2.45, 2.75) is 18.4 Å². The Morgan fingerprint density at radius 3 is 2.79 bits per heavy atom. The second kappa shape index (κ2) is 6.03. The molecule has 1 atom stereocenters. The lowest BCUT2D eigenvalue weighted by molar-refractivity contribution is -0.0881. The lowest BCUT2D eigenvalue weighted by Crippen LogP contribution is -2.61. The average Bonchev–Trinajstić information content (AvgIpc) is 3.33. The third kappa shape index (κ3) is 2.41. The van der Waals surface area contributed by atoms with Gasteiger partial charge in [0.2, 0.25) is 0 Å². The fourth-order valence-corrected chi connectivity index (χ4v) is 6.15. The molecule has 0 radical (unpaired) electrons. The molecule has 0 saturated carbocycles. The van der Waals surface area contributed by atoms with E-state index in [1.54, 1.807) is 11.3 Å².